The fraction of sp³-hybridized carbons (Fsp3) is 0.214. The number of carbonyl (C=O) groups excluding carboxylic acids is 1. The second kappa shape index (κ2) is 6.24. The molecule has 0 bridgehead atoms. The van der Waals surface area contributed by atoms with Crippen LogP contribution in [0.5, 0.6) is 5.75 Å². The molecule has 2 aromatic rings. The maximum absolute atomic E-state index is 11.8. The topological polar surface area (TPSA) is 83.2 Å². The number of hydrogen-bond acceptors (Lipinski definition) is 6. The molecule has 0 amide bonds. The number of halogens is 1. The fourth-order valence-electron chi connectivity index (χ4n) is 1.71. The summed E-state index contributed by atoms with van der Waals surface area (Å²) >= 11 is 4.40. The van der Waals surface area contributed by atoms with Crippen LogP contribution in [-0.4, -0.2) is 22.7 Å². The van der Waals surface area contributed by atoms with Gasteiger partial charge in [-0.3, -0.25) is 0 Å². The Bertz CT molecular complexity index is 749. The van der Waals surface area contributed by atoms with E-state index < -0.39 is 5.97 Å². The summed E-state index contributed by atoms with van der Waals surface area (Å²) in [4.78, 5) is 16.6. The summed E-state index contributed by atoms with van der Waals surface area (Å²) in [5.41, 5.74) is 1.38. The van der Waals surface area contributed by atoms with Crippen molar-refractivity contribution in [3.8, 4) is 22.4 Å². The molecule has 0 aliphatic rings. The molecule has 1 heterocycles. The molecule has 0 unspecified atom stereocenters. The van der Waals surface area contributed by atoms with Crippen LogP contribution in [-0.2, 0) is 4.74 Å². The van der Waals surface area contributed by atoms with Crippen LogP contribution in [0.3, 0.4) is 0 Å². The number of ether oxygens (including phenoxy) is 1. The van der Waals surface area contributed by atoms with Gasteiger partial charge in [0.25, 0.3) is 0 Å². The fourth-order valence-corrected chi connectivity index (χ4v) is 3.12. The number of nitrogens with zero attached hydrogens (tertiary/aromatic N) is 2. The molecular formula is C14H11BrN2O3S. The van der Waals surface area contributed by atoms with E-state index in [1.54, 1.807) is 19.9 Å². The third-order valence-corrected chi connectivity index (χ3v) is 4.48. The molecule has 1 N–H and O–H groups in total. The lowest BCUT2D eigenvalue weighted by atomic mass is 10.1. The van der Waals surface area contributed by atoms with Crippen molar-refractivity contribution in [1.82, 2.24) is 4.98 Å². The molecule has 1 aromatic heterocycles. The van der Waals surface area contributed by atoms with Gasteiger partial charge in [-0.15, -0.1) is 11.3 Å². The summed E-state index contributed by atoms with van der Waals surface area (Å²) in [6.07, 6.45) is 0. The van der Waals surface area contributed by atoms with Gasteiger partial charge < -0.3 is 9.84 Å². The standard InChI is InChI=1S/C14H11BrN2O3S/c1-3-20-14(19)12-7(2)17-13(21-12)8-4-9(6-16)11(18)10(15)5-8/h4-5,18H,3H2,1-2H3. The first-order valence-electron chi connectivity index (χ1n) is 6.05. The van der Waals surface area contributed by atoms with E-state index in [1.807, 2.05) is 6.07 Å². The minimum Gasteiger partial charge on any atom is -0.505 e. The highest BCUT2D eigenvalue weighted by Gasteiger charge is 2.18. The van der Waals surface area contributed by atoms with Gasteiger partial charge in [-0.1, -0.05) is 0 Å². The maximum atomic E-state index is 11.8. The number of phenols is 1. The predicted octanol–water partition coefficient (Wildman–Crippen LogP) is 3.64. The van der Waals surface area contributed by atoms with Gasteiger partial charge in [0.05, 0.1) is 22.3 Å². The van der Waals surface area contributed by atoms with Crippen LogP contribution in [0, 0.1) is 18.3 Å². The first kappa shape index (κ1) is 15.5. The Morgan fingerprint density at radius 2 is 2.29 bits per heavy atom. The van der Waals surface area contributed by atoms with E-state index in [2.05, 4.69) is 20.9 Å². The number of aryl methyl sites for hydroxylation is 1. The molecule has 108 valence electrons. The average molecular weight is 367 g/mol. The van der Waals surface area contributed by atoms with Gasteiger partial charge in [-0.2, -0.15) is 5.26 Å². The minimum atomic E-state index is -0.405. The Hall–Kier alpha value is -1.91. The zero-order valence-corrected chi connectivity index (χ0v) is 13.7. The Balaban J connectivity index is 2.49. The smallest absolute Gasteiger partial charge is 0.350 e. The first-order valence-corrected chi connectivity index (χ1v) is 7.66. The minimum absolute atomic E-state index is 0.111. The molecule has 5 nitrogen and oxygen atoms in total. The van der Waals surface area contributed by atoms with Crippen molar-refractivity contribution in [3.05, 3.63) is 32.7 Å². The largest absolute Gasteiger partial charge is 0.505 e. The van der Waals surface area contributed by atoms with E-state index in [0.29, 0.717) is 32.2 Å². The van der Waals surface area contributed by atoms with E-state index in [4.69, 9.17) is 10.00 Å². The molecule has 0 fully saturated rings. The molecule has 0 aliphatic heterocycles. The zero-order chi connectivity index (χ0) is 15.6. The summed E-state index contributed by atoms with van der Waals surface area (Å²) in [6.45, 7) is 3.77. The number of rotatable bonds is 3. The highest BCUT2D eigenvalue weighted by Crippen LogP contribution is 2.35. The molecule has 1 aromatic carbocycles. The predicted molar refractivity (Wildman–Crippen MR) is 82.3 cm³/mol. The van der Waals surface area contributed by atoms with Crippen LogP contribution in [0.15, 0.2) is 16.6 Å². The van der Waals surface area contributed by atoms with Crippen molar-refractivity contribution in [3.63, 3.8) is 0 Å². The van der Waals surface area contributed by atoms with E-state index >= 15 is 0 Å². The quantitative estimate of drug-likeness (QED) is 0.838. The van der Waals surface area contributed by atoms with Gasteiger partial charge in [0.1, 0.15) is 21.7 Å². The van der Waals surface area contributed by atoms with Crippen LogP contribution in [0.1, 0.15) is 27.9 Å². The summed E-state index contributed by atoms with van der Waals surface area (Å²) in [7, 11) is 0. The average Bonchev–Trinajstić information content (AvgIpc) is 2.84. The molecule has 0 atom stereocenters. The number of aromatic nitrogens is 1. The number of aromatic hydroxyl groups is 1. The highest BCUT2D eigenvalue weighted by molar-refractivity contribution is 9.10. The SMILES string of the molecule is CCOC(=O)c1sc(-c2cc(Br)c(O)c(C#N)c2)nc1C. The summed E-state index contributed by atoms with van der Waals surface area (Å²) in [5, 5.41) is 19.3. The monoisotopic (exact) mass is 366 g/mol. The lowest BCUT2D eigenvalue weighted by Crippen LogP contribution is -2.03. The Morgan fingerprint density at radius 1 is 1.57 bits per heavy atom. The van der Waals surface area contributed by atoms with Crippen molar-refractivity contribution >= 4 is 33.2 Å². The molecule has 2 rings (SSSR count). The van der Waals surface area contributed by atoms with Crippen molar-refractivity contribution in [2.75, 3.05) is 6.61 Å². The van der Waals surface area contributed by atoms with Gasteiger partial charge in [0.15, 0.2) is 0 Å². The molecule has 0 saturated heterocycles. The molecule has 0 aliphatic carbocycles. The van der Waals surface area contributed by atoms with Gasteiger partial charge in [0.2, 0.25) is 0 Å². The zero-order valence-electron chi connectivity index (χ0n) is 11.3. The lowest BCUT2D eigenvalue weighted by molar-refractivity contribution is 0.0531. The van der Waals surface area contributed by atoms with Gasteiger partial charge in [-0.25, -0.2) is 9.78 Å². The summed E-state index contributed by atoms with van der Waals surface area (Å²) in [6, 6.07) is 5.11. The second-order valence-corrected chi connectivity index (χ2v) is 5.97. The number of hydrogen-bond donors (Lipinski definition) is 1. The normalized spacial score (nSPS) is 10.2. The van der Waals surface area contributed by atoms with Crippen molar-refractivity contribution < 1.29 is 14.6 Å². The van der Waals surface area contributed by atoms with Crippen LogP contribution >= 0.6 is 27.3 Å². The first-order chi connectivity index (χ1) is 9.97. The van der Waals surface area contributed by atoms with E-state index in [0.717, 1.165) is 0 Å². The number of esters is 1. The van der Waals surface area contributed by atoms with Crippen LogP contribution in [0.25, 0.3) is 10.6 Å². The van der Waals surface area contributed by atoms with Crippen LogP contribution in [0.4, 0.5) is 0 Å². The molecule has 0 radical (unpaired) electrons. The molecule has 7 heteroatoms. The van der Waals surface area contributed by atoms with E-state index in [9.17, 15) is 9.90 Å². The number of benzene rings is 1. The molecule has 21 heavy (non-hydrogen) atoms. The molecular weight excluding hydrogens is 356 g/mol. The van der Waals surface area contributed by atoms with Gasteiger partial charge >= 0.3 is 5.97 Å². The highest BCUT2D eigenvalue weighted by atomic mass is 79.9. The number of phenolic OH excluding ortho intramolecular Hbond substituents is 1. The Labute approximate surface area is 134 Å². The molecule has 0 spiro atoms. The van der Waals surface area contributed by atoms with Crippen molar-refractivity contribution in [2.24, 2.45) is 0 Å². The number of nitriles is 1. The van der Waals surface area contributed by atoms with Gasteiger partial charge in [0, 0.05) is 5.56 Å². The van der Waals surface area contributed by atoms with E-state index in [-0.39, 0.29) is 11.3 Å². The maximum Gasteiger partial charge on any atom is 0.350 e. The van der Waals surface area contributed by atoms with Crippen molar-refractivity contribution in [2.45, 2.75) is 13.8 Å². The van der Waals surface area contributed by atoms with Crippen LogP contribution < -0.4 is 0 Å². The third-order valence-electron chi connectivity index (χ3n) is 2.69. The third kappa shape index (κ3) is 3.06. The number of carbonyl (C=O) groups is 1. The number of thiazole rings is 1. The Morgan fingerprint density at radius 3 is 2.90 bits per heavy atom. The Kier molecular flexibility index (Phi) is 4.60. The summed E-state index contributed by atoms with van der Waals surface area (Å²) in [5.74, 6) is -0.516. The van der Waals surface area contributed by atoms with Crippen LogP contribution in [0.2, 0.25) is 0 Å². The lowest BCUT2D eigenvalue weighted by Gasteiger charge is -2.02. The van der Waals surface area contributed by atoms with Gasteiger partial charge in [-0.05, 0) is 41.9 Å². The summed E-state index contributed by atoms with van der Waals surface area (Å²) < 4.78 is 5.38. The molecule has 0 saturated carbocycles. The van der Waals surface area contributed by atoms with Crippen molar-refractivity contribution in [1.29, 1.82) is 5.26 Å². The van der Waals surface area contributed by atoms with E-state index in [1.165, 1.54) is 17.4 Å². The second-order valence-electron chi connectivity index (χ2n) is 4.12.